The van der Waals surface area contributed by atoms with Crippen molar-refractivity contribution in [2.24, 2.45) is 7.05 Å². The molecule has 0 fully saturated rings. The average Bonchev–Trinajstić information content (AvgIpc) is 2.90. The third-order valence-corrected chi connectivity index (χ3v) is 3.53. The van der Waals surface area contributed by atoms with Crippen LogP contribution in [0.3, 0.4) is 0 Å². The van der Waals surface area contributed by atoms with Crippen molar-refractivity contribution in [1.82, 2.24) is 19.7 Å². The topological polar surface area (TPSA) is 83.8 Å². The standard InChI is InChI=1S/C14H13FN4O2/c1-6-11(7(2)19(3)18-6)13-16-10-5-8(15)4-9(14(20)21)12(10)17-13/h4-5H,1-3H3,(H,16,17)(H,20,21). The van der Waals surface area contributed by atoms with Crippen LogP contribution in [0, 0.1) is 19.7 Å². The summed E-state index contributed by atoms with van der Waals surface area (Å²) >= 11 is 0. The highest BCUT2D eigenvalue weighted by Gasteiger charge is 2.19. The molecule has 6 nitrogen and oxygen atoms in total. The minimum atomic E-state index is -1.21. The number of hydrogen-bond donors (Lipinski definition) is 2. The van der Waals surface area contributed by atoms with Gasteiger partial charge in [0.2, 0.25) is 0 Å². The minimum absolute atomic E-state index is 0.160. The van der Waals surface area contributed by atoms with Gasteiger partial charge in [0.25, 0.3) is 0 Å². The van der Waals surface area contributed by atoms with Crippen LogP contribution in [0.1, 0.15) is 21.7 Å². The van der Waals surface area contributed by atoms with Crippen molar-refractivity contribution in [2.75, 3.05) is 0 Å². The van der Waals surface area contributed by atoms with Gasteiger partial charge in [-0.3, -0.25) is 4.68 Å². The summed E-state index contributed by atoms with van der Waals surface area (Å²) in [6, 6.07) is 2.21. The van der Waals surface area contributed by atoms with E-state index in [4.69, 9.17) is 5.11 Å². The number of benzene rings is 1. The molecule has 0 amide bonds. The van der Waals surface area contributed by atoms with Crippen LogP contribution < -0.4 is 0 Å². The van der Waals surface area contributed by atoms with E-state index in [-0.39, 0.29) is 11.1 Å². The van der Waals surface area contributed by atoms with Crippen LogP contribution >= 0.6 is 0 Å². The number of carboxylic acids is 1. The zero-order chi connectivity index (χ0) is 15.3. The number of carbonyl (C=O) groups is 1. The van der Waals surface area contributed by atoms with Gasteiger partial charge in [0.1, 0.15) is 17.2 Å². The summed E-state index contributed by atoms with van der Waals surface area (Å²) in [6.07, 6.45) is 0. The molecule has 0 aliphatic heterocycles. The molecule has 0 bridgehead atoms. The molecule has 0 unspecified atom stereocenters. The summed E-state index contributed by atoms with van der Waals surface area (Å²) in [5.74, 6) is -1.34. The summed E-state index contributed by atoms with van der Waals surface area (Å²) < 4.78 is 15.2. The average molecular weight is 288 g/mol. The van der Waals surface area contributed by atoms with Gasteiger partial charge in [-0.2, -0.15) is 5.10 Å². The molecule has 0 saturated heterocycles. The summed E-state index contributed by atoms with van der Waals surface area (Å²) in [6.45, 7) is 3.73. The number of aromatic amines is 1. The number of halogens is 1. The molecule has 1 aromatic carbocycles. The number of rotatable bonds is 2. The Morgan fingerprint density at radius 2 is 2.10 bits per heavy atom. The smallest absolute Gasteiger partial charge is 0.338 e. The van der Waals surface area contributed by atoms with E-state index in [1.54, 1.807) is 4.68 Å². The van der Waals surface area contributed by atoms with Gasteiger partial charge in [0.15, 0.2) is 0 Å². The van der Waals surface area contributed by atoms with Crippen molar-refractivity contribution < 1.29 is 14.3 Å². The Labute approximate surface area is 119 Å². The molecule has 0 spiro atoms. The molecule has 0 saturated carbocycles. The molecule has 2 heterocycles. The van der Waals surface area contributed by atoms with Crippen LogP contribution in [-0.4, -0.2) is 30.8 Å². The Hall–Kier alpha value is -2.70. The van der Waals surface area contributed by atoms with Crippen molar-refractivity contribution in [2.45, 2.75) is 13.8 Å². The Morgan fingerprint density at radius 1 is 1.38 bits per heavy atom. The van der Waals surface area contributed by atoms with Gasteiger partial charge >= 0.3 is 5.97 Å². The van der Waals surface area contributed by atoms with E-state index in [1.807, 2.05) is 20.9 Å². The van der Waals surface area contributed by atoms with Crippen molar-refractivity contribution in [1.29, 1.82) is 0 Å². The number of fused-ring (bicyclic) bond motifs is 1. The van der Waals surface area contributed by atoms with Crippen molar-refractivity contribution >= 4 is 17.0 Å². The number of H-pyrrole nitrogens is 1. The lowest BCUT2D eigenvalue weighted by Gasteiger charge is -1.96. The van der Waals surface area contributed by atoms with Crippen LogP contribution in [0.2, 0.25) is 0 Å². The number of nitrogens with one attached hydrogen (secondary N) is 1. The van der Waals surface area contributed by atoms with E-state index in [0.29, 0.717) is 11.3 Å². The minimum Gasteiger partial charge on any atom is -0.478 e. The largest absolute Gasteiger partial charge is 0.478 e. The summed E-state index contributed by atoms with van der Waals surface area (Å²) in [4.78, 5) is 18.5. The summed E-state index contributed by atoms with van der Waals surface area (Å²) in [5.41, 5.74) is 2.89. The maximum absolute atomic E-state index is 13.5. The van der Waals surface area contributed by atoms with Crippen LogP contribution in [0.4, 0.5) is 4.39 Å². The second-order valence-electron chi connectivity index (χ2n) is 4.91. The van der Waals surface area contributed by atoms with Gasteiger partial charge < -0.3 is 10.1 Å². The van der Waals surface area contributed by atoms with E-state index < -0.39 is 11.8 Å². The molecule has 2 aromatic heterocycles. The monoisotopic (exact) mass is 288 g/mol. The lowest BCUT2D eigenvalue weighted by molar-refractivity contribution is 0.0698. The molecule has 0 atom stereocenters. The fourth-order valence-electron chi connectivity index (χ4n) is 2.48. The zero-order valence-electron chi connectivity index (χ0n) is 11.7. The number of hydrogen-bond acceptors (Lipinski definition) is 3. The SMILES string of the molecule is Cc1nn(C)c(C)c1-c1nc2c(C(=O)O)cc(F)cc2[nH]1. The zero-order valence-corrected chi connectivity index (χ0v) is 11.7. The molecular weight excluding hydrogens is 275 g/mol. The molecule has 3 rings (SSSR count). The summed E-state index contributed by atoms with van der Waals surface area (Å²) in [5, 5.41) is 13.5. The first kappa shape index (κ1) is 13.3. The Bertz CT molecular complexity index is 879. The number of aromatic carboxylic acids is 1. The molecular formula is C14H13FN4O2. The fourth-order valence-corrected chi connectivity index (χ4v) is 2.48. The maximum Gasteiger partial charge on any atom is 0.338 e. The number of aryl methyl sites for hydroxylation is 2. The van der Waals surface area contributed by atoms with Gasteiger partial charge in [-0.1, -0.05) is 0 Å². The highest BCUT2D eigenvalue weighted by atomic mass is 19.1. The Morgan fingerprint density at radius 3 is 2.67 bits per heavy atom. The highest BCUT2D eigenvalue weighted by molar-refractivity contribution is 6.01. The second-order valence-corrected chi connectivity index (χ2v) is 4.91. The molecule has 7 heteroatoms. The Kier molecular flexibility index (Phi) is 2.79. The van der Waals surface area contributed by atoms with Crippen molar-refractivity contribution in [3.8, 4) is 11.4 Å². The molecule has 0 radical (unpaired) electrons. The van der Waals surface area contributed by atoms with Crippen LogP contribution in [0.15, 0.2) is 12.1 Å². The molecule has 108 valence electrons. The summed E-state index contributed by atoms with van der Waals surface area (Å²) in [7, 11) is 1.82. The van der Waals surface area contributed by atoms with Gasteiger partial charge in [0, 0.05) is 12.7 Å². The first-order chi connectivity index (χ1) is 9.88. The first-order valence-electron chi connectivity index (χ1n) is 6.31. The Balaban J connectivity index is 2.31. The van der Waals surface area contributed by atoms with Crippen LogP contribution in [0.5, 0.6) is 0 Å². The van der Waals surface area contributed by atoms with Crippen LogP contribution in [-0.2, 0) is 7.05 Å². The second kappa shape index (κ2) is 4.41. The first-order valence-corrected chi connectivity index (χ1v) is 6.31. The molecule has 21 heavy (non-hydrogen) atoms. The number of nitrogens with zero attached hydrogens (tertiary/aromatic N) is 3. The quantitative estimate of drug-likeness (QED) is 0.758. The number of imidazole rings is 1. The van der Waals surface area contributed by atoms with E-state index in [9.17, 15) is 9.18 Å². The van der Waals surface area contributed by atoms with E-state index in [2.05, 4.69) is 15.1 Å². The fraction of sp³-hybridized carbons (Fsp3) is 0.214. The lowest BCUT2D eigenvalue weighted by atomic mass is 10.2. The van der Waals surface area contributed by atoms with Gasteiger partial charge in [-0.15, -0.1) is 0 Å². The van der Waals surface area contributed by atoms with Crippen molar-refractivity contribution in [3.05, 3.63) is 34.9 Å². The van der Waals surface area contributed by atoms with Crippen LogP contribution in [0.25, 0.3) is 22.4 Å². The van der Waals surface area contributed by atoms with E-state index >= 15 is 0 Å². The maximum atomic E-state index is 13.5. The van der Waals surface area contributed by atoms with Gasteiger partial charge in [0.05, 0.1) is 22.3 Å². The van der Waals surface area contributed by atoms with Gasteiger partial charge in [-0.25, -0.2) is 14.2 Å². The number of carboxylic acid groups (broad SMARTS) is 1. The van der Waals surface area contributed by atoms with E-state index in [1.165, 1.54) is 6.07 Å². The predicted molar refractivity (Wildman–Crippen MR) is 74.7 cm³/mol. The van der Waals surface area contributed by atoms with Crippen molar-refractivity contribution in [3.63, 3.8) is 0 Å². The third kappa shape index (κ3) is 1.97. The molecule has 0 aliphatic rings. The third-order valence-electron chi connectivity index (χ3n) is 3.53. The lowest BCUT2D eigenvalue weighted by Crippen LogP contribution is -1.98. The van der Waals surface area contributed by atoms with Gasteiger partial charge in [-0.05, 0) is 26.0 Å². The molecule has 2 N–H and O–H groups in total. The van der Waals surface area contributed by atoms with E-state index in [0.717, 1.165) is 23.0 Å². The normalized spacial score (nSPS) is 11.2. The predicted octanol–water partition coefficient (Wildman–Crippen LogP) is 2.42. The molecule has 0 aliphatic carbocycles. The highest BCUT2D eigenvalue weighted by Crippen LogP contribution is 2.28. The number of aromatic nitrogens is 4. The molecule has 3 aromatic rings.